The molecule has 0 amide bonds. The third-order valence-corrected chi connectivity index (χ3v) is 1.39. The predicted octanol–water partition coefficient (Wildman–Crippen LogP) is 1.57. The van der Waals surface area contributed by atoms with Crippen molar-refractivity contribution in [1.29, 1.82) is 0 Å². The molecule has 0 saturated heterocycles. The van der Waals surface area contributed by atoms with Crippen molar-refractivity contribution < 1.29 is 0 Å². The fourth-order valence-corrected chi connectivity index (χ4v) is 0.310. The molecule has 0 aliphatic rings. The second kappa shape index (κ2) is 4.44. The number of hydrazone groups is 1. The maximum atomic E-state index is 4.92. The van der Waals surface area contributed by atoms with Crippen LogP contribution in [-0.2, 0) is 0 Å². The normalized spacial score (nSPS) is 10.7. The Hall–Kier alpha value is -0.440. The molecule has 0 atom stereocenters. The van der Waals surface area contributed by atoms with Crippen LogP contribution in [0.5, 0.6) is 0 Å². The van der Waals surface area contributed by atoms with Crippen molar-refractivity contribution in [3.05, 3.63) is 0 Å². The Morgan fingerprint density at radius 1 is 1.67 bits per heavy atom. The van der Waals surface area contributed by atoms with Crippen molar-refractivity contribution in [3.8, 4) is 0 Å². The minimum Gasteiger partial charge on any atom is -0.272 e. The van der Waals surface area contributed by atoms with Gasteiger partial charge in [0.2, 0.25) is 0 Å². The van der Waals surface area contributed by atoms with Crippen LogP contribution in [0.4, 0.5) is 0 Å². The molecule has 0 heterocycles. The number of rotatable bonds is 2. The van der Waals surface area contributed by atoms with Gasteiger partial charge in [-0.15, -0.1) is 0 Å². The molecular formula is C6H12N2S. The molecule has 0 bridgehead atoms. The quantitative estimate of drug-likeness (QED) is 0.361. The average molecular weight is 144 g/mol. The molecule has 0 rings (SSSR count). The summed E-state index contributed by atoms with van der Waals surface area (Å²) >= 11 is 4.92. The Balaban J connectivity index is 3.51. The smallest absolute Gasteiger partial charge is 0.0986 e. The molecule has 3 heteroatoms. The van der Waals surface area contributed by atoms with Crippen LogP contribution in [0.15, 0.2) is 5.10 Å². The Labute approximate surface area is 61.3 Å². The summed E-state index contributed by atoms with van der Waals surface area (Å²) in [6.07, 6.45) is 1.68. The van der Waals surface area contributed by atoms with Gasteiger partial charge in [0.25, 0.3) is 0 Å². The fourth-order valence-electron chi connectivity index (χ4n) is 0.257. The second-order valence-electron chi connectivity index (χ2n) is 2.02. The highest BCUT2D eigenvalue weighted by Gasteiger charge is 1.97. The van der Waals surface area contributed by atoms with Gasteiger partial charge in [-0.2, -0.15) is 5.10 Å². The van der Waals surface area contributed by atoms with Gasteiger partial charge in [-0.25, -0.2) is 0 Å². The van der Waals surface area contributed by atoms with E-state index in [0.717, 1.165) is 4.99 Å². The van der Waals surface area contributed by atoms with Crippen molar-refractivity contribution >= 4 is 23.4 Å². The summed E-state index contributed by atoms with van der Waals surface area (Å²) in [5.41, 5.74) is 2.73. The van der Waals surface area contributed by atoms with Gasteiger partial charge in [-0.3, -0.25) is 5.43 Å². The number of thiocarbonyl (C=S) groups is 1. The van der Waals surface area contributed by atoms with Crippen LogP contribution in [0.1, 0.15) is 20.8 Å². The second-order valence-corrected chi connectivity index (χ2v) is 2.46. The van der Waals surface area contributed by atoms with Crippen molar-refractivity contribution in [3.63, 3.8) is 0 Å². The van der Waals surface area contributed by atoms with Crippen molar-refractivity contribution in [2.45, 2.75) is 20.8 Å². The number of hydrogen-bond donors (Lipinski definition) is 1. The largest absolute Gasteiger partial charge is 0.272 e. The van der Waals surface area contributed by atoms with Crippen LogP contribution in [0.3, 0.4) is 0 Å². The highest BCUT2D eigenvalue weighted by Crippen LogP contribution is 1.92. The Bertz CT molecular complexity index is 118. The molecule has 52 valence electrons. The van der Waals surface area contributed by atoms with Gasteiger partial charge < -0.3 is 0 Å². The number of nitrogens with zero attached hydrogens (tertiary/aromatic N) is 1. The predicted molar refractivity (Wildman–Crippen MR) is 44.7 cm³/mol. The Morgan fingerprint density at radius 2 is 2.22 bits per heavy atom. The first-order valence-electron chi connectivity index (χ1n) is 2.96. The first kappa shape index (κ1) is 8.56. The van der Waals surface area contributed by atoms with Gasteiger partial charge in [-0.05, 0) is 6.92 Å². The molecule has 0 saturated carbocycles. The lowest BCUT2D eigenvalue weighted by atomic mass is 10.2. The van der Waals surface area contributed by atoms with E-state index in [2.05, 4.69) is 10.5 Å². The molecule has 0 aliphatic carbocycles. The number of nitrogens with one attached hydrogen (secondary N) is 1. The summed E-state index contributed by atoms with van der Waals surface area (Å²) in [4.78, 5) is 0.785. The summed E-state index contributed by atoms with van der Waals surface area (Å²) in [6.45, 7) is 5.90. The number of hydrogen-bond acceptors (Lipinski definition) is 2. The monoisotopic (exact) mass is 144 g/mol. The lowest BCUT2D eigenvalue weighted by Gasteiger charge is -2.03. The minimum absolute atomic E-state index is 0.378. The van der Waals surface area contributed by atoms with E-state index >= 15 is 0 Å². The van der Waals surface area contributed by atoms with Crippen LogP contribution >= 0.6 is 12.2 Å². The molecule has 0 aromatic carbocycles. The topological polar surface area (TPSA) is 24.4 Å². The van der Waals surface area contributed by atoms with E-state index in [0.29, 0.717) is 5.92 Å². The van der Waals surface area contributed by atoms with E-state index in [1.54, 1.807) is 6.21 Å². The highest BCUT2D eigenvalue weighted by molar-refractivity contribution is 7.80. The van der Waals surface area contributed by atoms with Gasteiger partial charge in [0, 0.05) is 12.1 Å². The van der Waals surface area contributed by atoms with Gasteiger partial charge in [0.1, 0.15) is 0 Å². The Morgan fingerprint density at radius 3 is 2.56 bits per heavy atom. The summed E-state index contributed by atoms with van der Waals surface area (Å²) in [5.74, 6) is 0.378. The van der Waals surface area contributed by atoms with Crippen LogP contribution < -0.4 is 5.43 Å². The van der Waals surface area contributed by atoms with E-state index in [1.807, 2.05) is 20.8 Å². The summed E-state index contributed by atoms with van der Waals surface area (Å²) in [6, 6.07) is 0. The minimum atomic E-state index is 0.378. The van der Waals surface area contributed by atoms with Gasteiger partial charge >= 0.3 is 0 Å². The molecule has 0 aliphatic heterocycles. The summed E-state index contributed by atoms with van der Waals surface area (Å²) in [7, 11) is 0. The van der Waals surface area contributed by atoms with Crippen molar-refractivity contribution in [2.75, 3.05) is 0 Å². The third-order valence-electron chi connectivity index (χ3n) is 0.828. The summed E-state index contributed by atoms with van der Waals surface area (Å²) in [5, 5.41) is 3.78. The molecular weight excluding hydrogens is 132 g/mol. The molecule has 0 aromatic rings. The van der Waals surface area contributed by atoms with Crippen molar-refractivity contribution in [2.24, 2.45) is 11.0 Å². The first-order valence-corrected chi connectivity index (χ1v) is 3.36. The fraction of sp³-hybridized carbons (Fsp3) is 0.667. The van der Waals surface area contributed by atoms with Crippen LogP contribution in [0.2, 0.25) is 0 Å². The zero-order chi connectivity index (χ0) is 7.28. The van der Waals surface area contributed by atoms with E-state index in [-0.39, 0.29) is 0 Å². The molecule has 0 unspecified atom stereocenters. The molecule has 0 aromatic heterocycles. The first-order chi connectivity index (χ1) is 4.18. The molecule has 1 N–H and O–H groups in total. The van der Waals surface area contributed by atoms with E-state index in [1.165, 1.54) is 0 Å². The van der Waals surface area contributed by atoms with Gasteiger partial charge in [0.05, 0.1) is 4.99 Å². The average Bonchev–Trinajstić information content (AvgIpc) is 1.82. The molecule has 0 fully saturated rings. The van der Waals surface area contributed by atoms with Crippen LogP contribution in [0.25, 0.3) is 0 Å². The zero-order valence-electron chi connectivity index (χ0n) is 6.01. The standard InChI is InChI=1S/C6H12N2S/c1-4-7-8-6(9)5(2)3/h4-5H,1-3H3,(H,8,9)/b7-4-. The SMILES string of the molecule is C/C=N\NC(=S)C(C)C. The molecule has 2 nitrogen and oxygen atoms in total. The third kappa shape index (κ3) is 4.09. The van der Waals surface area contributed by atoms with Gasteiger partial charge in [0.15, 0.2) is 0 Å². The lowest BCUT2D eigenvalue weighted by molar-refractivity contribution is 0.839. The van der Waals surface area contributed by atoms with E-state index in [9.17, 15) is 0 Å². The van der Waals surface area contributed by atoms with E-state index in [4.69, 9.17) is 12.2 Å². The lowest BCUT2D eigenvalue weighted by Crippen LogP contribution is -2.20. The maximum absolute atomic E-state index is 4.92. The van der Waals surface area contributed by atoms with Gasteiger partial charge in [-0.1, -0.05) is 26.1 Å². The van der Waals surface area contributed by atoms with Crippen LogP contribution in [-0.4, -0.2) is 11.2 Å². The summed E-state index contributed by atoms with van der Waals surface area (Å²) < 4.78 is 0. The van der Waals surface area contributed by atoms with Crippen LogP contribution in [0, 0.1) is 5.92 Å². The van der Waals surface area contributed by atoms with Crippen molar-refractivity contribution in [1.82, 2.24) is 5.43 Å². The molecule has 0 spiro atoms. The van der Waals surface area contributed by atoms with E-state index < -0.39 is 0 Å². The Kier molecular flexibility index (Phi) is 4.22. The highest BCUT2D eigenvalue weighted by atomic mass is 32.1. The zero-order valence-corrected chi connectivity index (χ0v) is 6.83. The maximum Gasteiger partial charge on any atom is 0.0986 e. The molecule has 0 radical (unpaired) electrons. The molecule has 9 heavy (non-hydrogen) atoms.